The zero-order valence-electron chi connectivity index (χ0n) is 13.8. The summed E-state index contributed by atoms with van der Waals surface area (Å²) in [5.74, 6) is -0.243. The molecule has 4 rings (SSSR count). The average Bonchev–Trinajstić information content (AvgIpc) is 3.20. The fourth-order valence-corrected chi connectivity index (χ4v) is 4.22. The number of hydrogen-bond donors (Lipinski definition) is 2. The maximum absolute atomic E-state index is 12.7. The molecule has 4 amide bonds. The van der Waals surface area contributed by atoms with Crippen LogP contribution in [-0.2, 0) is 16.0 Å². The molecule has 1 saturated carbocycles. The molecule has 8 nitrogen and oxygen atoms in total. The predicted molar refractivity (Wildman–Crippen MR) is 90.7 cm³/mol. The Balaban J connectivity index is 1.43. The van der Waals surface area contributed by atoms with Crippen LogP contribution in [0.3, 0.4) is 0 Å². The van der Waals surface area contributed by atoms with Crippen LogP contribution >= 0.6 is 11.3 Å². The van der Waals surface area contributed by atoms with Gasteiger partial charge in [-0.05, 0) is 31.6 Å². The van der Waals surface area contributed by atoms with Gasteiger partial charge >= 0.3 is 6.03 Å². The number of nitrogens with one attached hydrogen (secondary N) is 2. The van der Waals surface area contributed by atoms with Crippen molar-refractivity contribution in [2.24, 2.45) is 5.92 Å². The molecule has 9 heteroatoms. The normalized spacial score (nSPS) is 26.4. The van der Waals surface area contributed by atoms with Crippen LogP contribution in [0.5, 0.6) is 0 Å². The van der Waals surface area contributed by atoms with Crippen LogP contribution in [0.4, 0.5) is 4.79 Å². The van der Waals surface area contributed by atoms with E-state index in [0.29, 0.717) is 24.5 Å². The number of hydrazine groups is 1. The summed E-state index contributed by atoms with van der Waals surface area (Å²) in [5.41, 5.74) is 2.17. The minimum atomic E-state index is -0.853. The quantitative estimate of drug-likeness (QED) is 0.809. The topological polar surface area (TPSA) is 95.8 Å². The Morgan fingerprint density at radius 1 is 1.44 bits per heavy atom. The summed E-state index contributed by atoms with van der Waals surface area (Å²) in [4.78, 5) is 42.3. The Kier molecular flexibility index (Phi) is 3.75. The molecule has 1 spiro atoms. The molecule has 2 aliphatic rings. The van der Waals surface area contributed by atoms with Gasteiger partial charge < -0.3 is 5.32 Å². The third-order valence-electron chi connectivity index (χ3n) is 5.01. The SMILES string of the molecule is CC1CCC2(CC1)NC(=O)N(NC(=O)Cc1cn3ccsc3n1)C2=O. The molecule has 25 heavy (non-hydrogen) atoms. The van der Waals surface area contributed by atoms with Crippen molar-refractivity contribution in [3.63, 3.8) is 0 Å². The average molecular weight is 361 g/mol. The molecule has 0 aromatic carbocycles. The van der Waals surface area contributed by atoms with E-state index >= 15 is 0 Å². The van der Waals surface area contributed by atoms with Gasteiger partial charge in [0.2, 0.25) is 5.91 Å². The van der Waals surface area contributed by atoms with E-state index in [4.69, 9.17) is 0 Å². The number of carbonyl (C=O) groups is 3. The first kappa shape index (κ1) is 16.1. The zero-order valence-corrected chi connectivity index (χ0v) is 14.6. The van der Waals surface area contributed by atoms with Crippen molar-refractivity contribution in [2.75, 3.05) is 0 Å². The number of thiazole rings is 1. The second kappa shape index (κ2) is 5.83. The standard InChI is InChI=1S/C16H19N5O3S/c1-10-2-4-16(5-3-10)13(23)21(14(24)18-16)19-12(22)8-11-9-20-6-7-25-15(20)17-11/h6-7,9-10H,2-5,8H2,1H3,(H,18,24)(H,19,22). The van der Waals surface area contributed by atoms with E-state index in [9.17, 15) is 14.4 Å². The van der Waals surface area contributed by atoms with E-state index in [1.807, 2.05) is 16.0 Å². The van der Waals surface area contributed by atoms with E-state index in [1.54, 1.807) is 6.20 Å². The van der Waals surface area contributed by atoms with Gasteiger partial charge in [0.05, 0.1) is 12.1 Å². The van der Waals surface area contributed by atoms with Gasteiger partial charge in [0.15, 0.2) is 4.96 Å². The molecular formula is C16H19N5O3S. The van der Waals surface area contributed by atoms with E-state index < -0.39 is 17.5 Å². The number of imidazole rings is 1. The van der Waals surface area contributed by atoms with E-state index in [2.05, 4.69) is 22.7 Å². The summed E-state index contributed by atoms with van der Waals surface area (Å²) in [6.07, 6.45) is 6.64. The molecule has 2 fully saturated rings. The van der Waals surface area contributed by atoms with Crippen molar-refractivity contribution >= 4 is 34.1 Å². The maximum Gasteiger partial charge on any atom is 0.344 e. The van der Waals surface area contributed by atoms with Crippen LogP contribution in [0.25, 0.3) is 4.96 Å². The summed E-state index contributed by atoms with van der Waals surface area (Å²) >= 11 is 1.48. The molecule has 1 aliphatic heterocycles. The molecule has 0 atom stereocenters. The van der Waals surface area contributed by atoms with Crippen molar-refractivity contribution < 1.29 is 14.4 Å². The number of aromatic nitrogens is 2. The number of fused-ring (bicyclic) bond motifs is 1. The van der Waals surface area contributed by atoms with Gasteiger partial charge in [-0.2, -0.15) is 5.01 Å². The Bertz CT molecular complexity index is 820. The Morgan fingerprint density at radius 3 is 2.92 bits per heavy atom. The maximum atomic E-state index is 12.7. The van der Waals surface area contributed by atoms with Crippen LogP contribution in [-0.4, -0.2) is 37.8 Å². The summed E-state index contributed by atoms with van der Waals surface area (Å²) in [6.45, 7) is 2.14. The van der Waals surface area contributed by atoms with Gasteiger partial charge in [-0.15, -0.1) is 11.3 Å². The van der Waals surface area contributed by atoms with Gasteiger partial charge in [-0.25, -0.2) is 9.78 Å². The molecule has 132 valence electrons. The third-order valence-corrected chi connectivity index (χ3v) is 5.78. The van der Waals surface area contributed by atoms with E-state index in [-0.39, 0.29) is 12.3 Å². The molecule has 1 saturated heterocycles. The number of amides is 4. The molecule has 0 bridgehead atoms. The lowest BCUT2D eigenvalue weighted by molar-refractivity contribution is -0.139. The molecule has 2 aromatic rings. The highest BCUT2D eigenvalue weighted by Crippen LogP contribution is 2.35. The predicted octanol–water partition coefficient (Wildman–Crippen LogP) is 1.47. The minimum absolute atomic E-state index is 0.00942. The largest absolute Gasteiger partial charge is 0.344 e. The van der Waals surface area contributed by atoms with Gasteiger partial charge in [-0.1, -0.05) is 6.92 Å². The van der Waals surface area contributed by atoms with Crippen LogP contribution in [0.2, 0.25) is 0 Å². The van der Waals surface area contributed by atoms with E-state index in [1.165, 1.54) is 11.3 Å². The van der Waals surface area contributed by atoms with Gasteiger partial charge in [0.25, 0.3) is 5.91 Å². The summed E-state index contributed by atoms with van der Waals surface area (Å²) in [7, 11) is 0. The third kappa shape index (κ3) is 2.78. The number of hydrogen-bond acceptors (Lipinski definition) is 5. The van der Waals surface area contributed by atoms with Gasteiger partial charge in [0, 0.05) is 17.8 Å². The highest BCUT2D eigenvalue weighted by atomic mass is 32.1. The highest BCUT2D eigenvalue weighted by Gasteiger charge is 2.52. The zero-order chi connectivity index (χ0) is 17.6. The second-order valence-electron chi connectivity index (χ2n) is 6.87. The number of nitrogens with zero attached hydrogens (tertiary/aromatic N) is 3. The van der Waals surface area contributed by atoms with E-state index in [0.717, 1.165) is 22.8 Å². The molecule has 3 heterocycles. The summed E-state index contributed by atoms with van der Waals surface area (Å²) < 4.78 is 1.83. The molecule has 2 aromatic heterocycles. The van der Waals surface area contributed by atoms with Gasteiger partial charge in [0.1, 0.15) is 5.54 Å². The van der Waals surface area contributed by atoms with Crippen molar-refractivity contribution in [2.45, 2.75) is 44.6 Å². The molecule has 1 aliphatic carbocycles. The lowest BCUT2D eigenvalue weighted by Gasteiger charge is -2.33. The lowest BCUT2D eigenvalue weighted by atomic mass is 9.77. The van der Waals surface area contributed by atoms with Crippen molar-refractivity contribution in [3.8, 4) is 0 Å². The minimum Gasteiger partial charge on any atom is -0.322 e. The molecule has 2 N–H and O–H groups in total. The number of carbonyl (C=O) groups excluding carboxylic acids is 3. The number of urea groups is 1. The fourth-order valence-electron chi connectivity index (χ4n) is 3.51. The monoisotopic (exact) mass is 361 g/mol. The highest BCUT2D eigenvalue weighted by molar-refractivity contribution is 7.15. The van der Waals surface area contributed by atoms with Crippen LogP contribution in [0.15, 0.2) is 17.8 Å². The first-order valence-corrected chi connectivity index (χ1v) is 9.22. The Labute approximate surface area is 148 Å². The smallest absolute Gasteiger partial charge is 0.322 e. The fraction of sp³-hybridized carbons (Fsp3) is 0.500. The van der Waals surface area contributed by atoms with Crippen LogP contribution in [0.1, 0.15) is 38.3 Å². The number of rotatable bonds is 3. The number of imide groups is 1. The van der Waals surface area contributed by atoms with Crippen LogP contribution in [0, 0.1) is 5.92 Å². The second-order valence-corrected chi connectivity index (χ2v) is 7.75. The first-order valence-electron chi connectivity index (χ1n) is 8.34. The Hall–Kier alpha value is -2.42. The van der Waals surface area contributed by atoms with Crippen LogP contribution < -0.4 is 10.7 Å². The molecule has 0 radical (unpaired) electrons. The Morgan fingerprint density at radius 2 is 2.20 bits per heavy atom. The van der Waals surface area contributed by atoms with Gasteiger partial charge in [-0.3, -0.25) is 19.4 Å². The molecule has 0 unspecified atom stereocenters. The molecular weight excluding hydrogens is 342 g/mol. The lowest BCUT2D eigenvalue weighted by Crippen LogP contribution is -2.51. The van der Waals surface area contributed by atoms with Crippen molar-refractivity contribution in [1.82, 2.24) is 25.1 Å². The first-order chi connectivity index (χ1) is 12.0. The van der Waals surface area contributed by atoms with Crippen molar-refractivity contribution in [3.05, 3.63) is 23.5 Å². The summed E-state index contributed by atoms with van der Waals surface area (Å²) in [5, 5.41) is 5.52. The summed E-state index contributed by atoms with van der Waals surface area (Å²) in [6, 6.07) is -0.557. The van der Waals surface area contributed by atoms with Crippen molar-refractivity contribution in [1.29, 1.82) is 0 Å².